The predicted octanol–water partition coefficient (Wildman–Crippen LogP) is 3.41. The van der Waals surface area contributed by atoms with E-state index in [9.17, 15) is 8.78 Å². The molecule has 27 heavy (non-hydrogen) atoms. The lowest BCUT2D eigenvalue weighted by molar-refractivity contribution is 0.0205. The molecule has 0 aliphatic rings. The molecule has 2 unspecified atom stereocenters. The van der Waals surface area contributed by atoms with Crippen LogP contribution >= 0.6 is 24.0 Å². The van der Waals surface area contributed by atoms with Gasteiger partial charge in [-0.2, -0.15) is 0 Å². The van der Waals surface area contributed by atoms with Gasteiger partial charge in [-0.3, -0.25) is 4.99 Å². The van der Waals surface area contributed by atoms with E-state index in [1.807, 2.05) is 0 Å². The first-order valence-corrected chi connectivity index (χ1v) is 8.69. The maximum Gasteiger partial charge on any atom is 0.191 e. The number of guanidine groups is 1. The van der Waals surface area contributed by atoms with Gasteiger partial charge in [-0.25, -0.2) is 8.78 Å². The molecule has 8 heteroatoms. The number of methoxy groups -OCH3 is 1. The van der Waals surface area contributed by atoms with E-state index in [0.29, 0.717) is 19.0 Å². The van der Waals surface area contributed by atoms with Crippen LogP contribution in [0.15, 0.2) is 23.2 Å². The Labute approximate surface area is 179 Å². The smallest absolute Gasteiger partial charge is 0.191 e. The highest BCUT2D eigenvalue weighted by molar-refractivity contribution is 14.0. The number of halogens is 3. The molecule has 0 aliphatic carbocycles. The van der Waals surface area contributed by atoms with Crippen molar-refractivity contribution in [3.05, 3.63) is 35.4 Å². The summed E-state index contributed by atoms with van der Waals surface area (Å²) in [4.78, 5) is 5.95. The third kappa shape index (κ3) is 7.87. The molecule has 0 spiro atoms. The molecule has 0 heterocycles. The summed E-state index contributed by atoms with van der Waals surface area (Å²) in [5, 5.41) is 6.35. The zero-order valence-electron chi connectivity index (χ0n) is 17.3. The van der Waals surface area contributed by atoms with Crippen LogP contribution in [0.25, 0.3) is 0 Å². The monoisotopic (exact) mass is 498 g/mol. The van der Waals surface area contributed by atoms with E-state index in [1.165, 1.54) is 18.2 Å². The lowest BCUT2D eigenvalue weighted by atomic mass is 9.89. The van der Waals surface area contributed by atoms with Crippen LogP contribution in [0, 0.1) is 17.0 Å². The number of nitrogens with zero attached hydrogens (tertiary/aromatic N) is 2. The van der Waals surface area contributed by atoms with Crippen LogP contribution in [0.1, 0.15) is 32.4 Å². The summed E-state index contributed by atoms with van der Waals surface area (Å²) in [7, 11) is 6.91. The quantitative estimate of drug-likeness (QED) is 0.344. The number of benzene rings is 1. The van der Waals surface area contributed by atoms with E-state index in [2.05, 4.69) is 36.4 Å². The number of ether oxygens (including phenoxy) is 1. The fourth-order valence-corrected chi connectivity index (χ4v) is 2.72. The molecule has 156 valence electrons. The summed E-state index contributed by atoms with van der Waals surface area (Å²) in [5.74, 6) is -0.554. The van der Waals surface area contributed by atoms with Crippen molar-refractivity contribution in [2.24, 2.45) is 10.4 Å². The normalized spacial score (nSPS) is 14.5. The third-order valence-corrected chi connectivity index (χ3v) is 4.35. The molecule has 0 fully saturated rings. The number of rotatable bonds is 7. The maximum absolute atomic E-state index is 14.1. The molecule has 0 aliphatic heterocycles. The van der Waals surface area contributed by atoms with Crippen molar-refractivity contribution in [3.8, 4) is 0 Å². The first-order chi connectivity index (χ1) is 12.1. The van der Waals surface area contributed by atoms with Gasteiger partial charge in [0.15, 0.2) is 5.96 Å². The highest BCUT2D eigenvalue weighted by Gasteiger charge is 2.25. The van der Waals surface area contributed by atoms with Crippen molar-refractivity contribution >= 4 is 29.9 Å². The fourth-order valence-electron chi connectivity index (χ4n) is 2.72. The largest absolute Gasteiger partial charge is 0.379 e. The van der Waals surface area contributed by atoms with Crippen molar-refractivity contribution in [1.82, 2.24) is 15.5 Å². The Morgan fingerprint density at radius 2 is 1.67 bits per heavy atom. The molecule has 0 saturated heterocycles. The predicted molar refractivity (Wildman–Crippen MR) is 118 cm³/mol. The van der Waals surface area contributed by atoms with E-state index >= 15 is 0 Å². The summed E-state index contributed by atoms with van der Waals surface area (Å²) < 4.78 is 33.8. The summed E-state index contributed by atoms with van der Waals surface area (Å²) in [6.07, 6.45) is -0.00490. The van der Waals surface area contributed by atoms with Crippen LogP contribution in [0.3, 0.4) is 0 Å². The first-order valence-electron chi connectivity index (χ1n) is 8.69. The SMILES string of the molecule is CN=C(NCC(c1c(F)cccc1F)N(C)C)NCC(OC)C(C)(C)C.I. The topological polar surface area (TPSA) is 48.9 Å². The third-order valence-electron chi connectivity index (χ3n) is 4.35. The van der Waals surface area contributed by atoms with Gasteiger partial charge in [-0.05, 0) is 31.6 Å². The second-order valence-corrected chi connectivity index (χ2v) is 7.54. The molecule has 0 bridgehead atoms. The Kier molecular flexibility index (Phi) is 11.3. The Hall–Kier alpha value is -1.00. The molecule has 2 N–H and O–H groups in total. The van der Waals surface area contributed by atoms with Gasteiger partial charge >= 0.3 is 0 Å². The molecule has 1 rings (SSSR count). The number of hydrogen-bond donors (Lipinski definition) is 2. The molecule has 2 atom stereocenters. The van der Waals surface area contributed by atoms with Crippen molar-refractivity contribution < 1.29 is 13.5 Å². The molecular formula is C19H33F2IN4O. The number of hydrogen-bond acceptors (Lipinski definition) is 3. The number of likely N-dealkylation sites (N-methyl/N-ethyl adjacent to an activating group) is 1. The highest BCUT2D eigenvalue weighted by Crippen LogP contribution is 2.24. The molecule has 0 aromatic heterocycles. The lowest BCUT2D eigenvalue weighted by Gasteiger charge is -2.30. The van der Waals surface area contributed by atoms with E-state index in [0.717, 1.165) is 0 Å². The van der Waals surface area contributed by atoms with Crippen LogP contribution in [0.4, 0.5) is 8.78 Å². The summed E-state index contributed by atoms with van der Waals surface area (Å²) in [6.45, 7) is 7.17. The van der Waals surface area contributed by atoms with Crippen LogP contribution in [-0.2, 0) is 4.74 Å². The Balaban J connectivity index is 0.00000676. The zero-order chi connectivity index (χ0) is 19.9. The van der Waals surface area contributed by atoms with E-state index in [1.54, 1.807) is 33.2 Å². The fraction of sp³-hybridized carbons (Fsp3) is 0.632. The van der Waals surface area contributed by atoms with Gasteiger partial charge in [0.1, 0.15) is 11.6 Å². The maximum atomic E-state index is 14.1. The lowest BCUT2D eigenvalue weighted by Crippen LogP contribution is -2.47. The van der Waals surface area contributed by atoms with Gasteiger partial charge in [-0.1, -0.05) is 26.8 Å². The second kappa shape index (κ2) is 11.8. The molecule has 0 amide bonds. The summed E-state index contributed by atoms with van der Waals surface area (Å²) >= 11 is 0. The van der Waals surface area contributed by atoms with Crippen LogP contribution in [0.5, 0.6) is 0 Å². The minimum absolute atomic E-state index is 0. The number of aliphatic imine (C=N–C) groups is 1. The summed E-state index contributed by atoms with van der Waals surface area (Å²) in [5.41, 5.74) is 0.0215. The Morgan fingerprint density at radius 3 is 2.07 bits per heavy atom. The van der Waals surface area contributed by atoms with Gasteiger partial charge < -0.3 is 20.3 Å². The highest BCUT2D eigenvalue weighted by atomic mass is 127. The van der Waals surface area contributed by atoms with Gasteiger partial charge in [0, 0.05) is 32.8 Å². The molecule has 1 aromatic carbocycles. The minimum atomic E-state index is -0.555. The Morgan fingerprint density at radius 1 is 1.15 bits per heavy atom. The van der Waals surface area contributed by atoms with Crippen molar-refractivity contribution in [3.63, 3.8) is 0 Å². The van der Waals surface area contributed by atoms with Gasteiger partial charge in [0.2, 0.25) is 0 Å². The van der Waals surface area contributed by atoms with Gasteiger partial charge in [0.05, 0.1) is 12.1 Å². The van der Waals surface area contributed by atoms with Crippen molar-refractivity contribution in [2.45, 2.75) is 32.9 Å². The average Bonchev–Trinajstić information content (AvgIpc) is 2.54. The molecular weight excluding hydrogens is 465 g/mol. The van der Waals surface area contributed by atoms with E-state index < -0.39 is 17.7 Å². The Bertz CT molecular complexity index is 586. The minimum Gasteiger partial charge on any atom is -0.379 e. The van der Waals surface area contributed by atoms with Crippen LogP contribution in [0.2, 0.25) is 0 Å². The first kappa shape index (κ1) is 26.0. The van der Waals surface area contributed by atoms with Crippen molar-refractivity contribution in [1.29, 1.82) is 0 Å². The molecule has 0 saturated carbocycles. The standard InChI is InChI=1S/C19H32F2N4O.HI/c1-19(2,3)16(26-7)12-24-18(22-4)23-11-15(25(5)6)17-13(20)9-8-10-14(17)21;/h8-10,15-16H,11-12H2,1-7H3,(H2,22,23,24);1H. The second-order valence-electron chi connectivity index (χ2n) is 7.54. The average molecular weight is 498 g/mol. The summed E-state index contributed by atoms with van der Waals surface area (Å²) in [6, 6.07) is 3.44. The number of nitrogens with one attached hydrogen (secondary N) is 2. The molecule has 0 radical (unpaired) electrons. The molecule has 1 aromatic rings. The van der Waals surface area contributed by atoms with Gasteiger partial charge in [-0.15, -0.1) is 24.0 Å². The molecule has 5 nitrogen and oxygen atoms in total. The van der Waals surface area contributed by atoms with Gasteiger partial charge in [0.25, 0.3) is 0 Å². The van der Waals surface area contributed by atoms with Crippen LogP contribution < -0.4 is 10.6 Å². The van der Waals surface area contributed by atoms with E-state index in [4.69, 9.17) is 4.74 Å². The van der Waals surface area contributed by atoms with E-state index in [-0.39, 0.29) is 41.1 Å². The van der Waals surface area contributed by atoms with Crippen LogP contribution in [-0.4, -0.2) is 58.3 Å². The van der Waals surface area contributed by atoms with Crippen molar-refractivity contribution in [2.75, 3.05) is 41.3 Å². The zero-order valence-corrected chi connectivity index (χ0v) is 19.6.